The van der Waals surface area contributed by atoms with Gasteiger partial charge in [-0.05, 0) is 18.2 Å². The van der Waals surface area contributed by atoms with Gasteiger partial charge in [-0.25, -0.2) is 0 Å². The lowest BCUT2D eigenvalue weighted by Gasteiger charge is -2.12. The average molecular weight is 335 g/mol. The highest BCUT2D eigenvalue weighted by molar-refractivity contribution is 7.13. The van der Waals surface area contributed by atoms with Crippen LogP contribution in [0.2, 0.25) is 5.15 Å². The van der Waals surface area contributed by atoms with Gasteiger partial charge in [0.1, 0.15) is 10.9 Å². The van der Waals surface area contributed by atoms with E-state index in [4.69, 9.17) is 26.7 Å². The van der Waals surface area contributed by atoms with Crippen LogP contribution in [0.25, 0.3) is 0 Å². The summed E-state index contributed by atoms with van der Waals surface area (Å²) in [6.07, 6.45) is -4.68. The van der Waals surface area contributed by atoms with Crippen molar-refractivity contribution in [1.29, 1.82) is 5.26 Å². The first-order chi connectivity index (χ1) is 9.85. The van der Waals surface area contributed by atoms with Crippen molar-refractivity contribution < 1.29 is 23.0 Å². The van der Waals surface area contributed by atoms with E-state index in [0.29, 0.717) is 6.07 Å². The maximum Gasteiger partial charge on any atom is 0.420 e. The quantitative estimate of drug-likeness (QED) is 0.922. The summed E-state index contributed by atoms with van der Waals surface area (Å²) in [7, 11) is 0. The van der Waals surface area contributed by atoms with Crippen molar-refractivity contribution >= 4 is 22.9 Å². The van der Waals surface area contributed by atoms with Gasteiger partial charge in [-0.15, -0.1) is 0 Å². The monoisotopic (exact) mass is 334 g/mol. The van der Waals surface area contributed by atoms with Crippen molar-refractivity contribution in [2.45, 2.75) is 12.8 Å². The Balaban J connectivity index is 2.41. The molecule has 1 N–H and O–H groups in total. The highest BCUT2D eigenvalue weighted by Gasteiger charge is 2.35. The molecule has 0 amide bonds. The number of nitrogens with zero attached hydrogens (tertiary/aromatic N) is 2. The normalized spacial score (nSPS) is 11.2. The second kappa shape index (κ2) is 5.89. The van der Waals surface area contributed by atoms with Crippen LogP contribution in [0.15, 0.2) is 18.2 Å². The first-order valence-corrected chi connectivity index (χ1v) is 6.60. The third-order valence-corrected chi connectivity index (χ3v) is 3.73. The molecular weight excluding hydrogens is 329 g/mol. The number of thiazole rings is 1. The Labute approximate surface area is 126 Å². The Kier molecular flexibility index (Phi) is 4.37. The van der Waals surface area contributed by atoms with Gasteiger partial charge in [0.25, 0.3) is 5.19 Å². The number of ether oxygens (including phenoxy) is 1. The fraction of sp³-hybridized carbons (Fsp3) is 0.167. The van der Waals surface area contributed by atoms with Gasteiger partial charge in [-0.1, -0.05) is 22.9 Å². The average Bonchev–Trinajstić information content (AvgIpc) is 2.78. The molecule has 9 heteroatoms. The minimum atomic E-state index is -4.68. The molecule has 0 radical (unpaired) electrons. The van der Waals surface area contributed by atoms with Gasteiger partial charge >= 0.3 is 6.18 Å². The van der Waals surface area contributed by atoms with Crippen LogP contribution in [0.4, 0.5) is 13.2 Å². The summed E-state index contributed by atoms with van der Waals surface area (Å²) in [6.45, 7) is -0.390. The van der Waals surface area contributed by atoms with Gasteiger partial charge in [-0.2, -0.15) is 23.4 Å². The predicted molar refractivity (Wildman–Crippen MR) is 69.3 cm³/mol. The van der Waals surface area contributed by atoms with E-state index in [9.17, 15) is 13.2 Å². The maximum absolute atomic E-state index is 12.9. The summed E-state index contributed by atoms with van der Waals surface area (Å²) in [5.74, 6) is -0.489. The van der Waals surface area contributed by atoms with Gasteiger partial charge < -0.3 is 9.84 Å². The number of hydrogen-bond donors (Lipinski definition) is 1. The number of alkyl halides is 3. The zero-order valence-electron chi connectivity index (χ0n) is 10.1. The summed E-state index contributed by atoms with van der Waals surface area (Å²) >= 11 is 6.52. The third kappa shape index (κ3) is 3.44. The van der Waals surface area contributed by atoms with Crippen molar-refractivity contribution in [2.75, 3.05) is 0 Å². The molecule has 2 rings (SSSR count). The third-order valence-electron chi connectivity index (χ3n) is 2.38. The summed E-state index contributed by atoms with van der Waals surface area (Å²) in [6, 6.07) is 4.56. The first-order valence-electron chi connectivity index (χ1n) is 5.40. The topological polar surface area (TPSA) is 66.1 Å². The van der Waals surface area contributed by atoms with Gasteiger partial charge in [0.15, 0.2) is 0 Å². The molecule has 0 saturated carbocycles. The lowest BCUT2D eigenvalue weighted by Crippen LogP contribution is -2.07. The molecule has 2 aromatic rings. The van der Waals surface area contributed by atoms with Crippen LogP contribution in [0.1, 0.15) is 16.0 Å². The largest absolute Gasteiger partial charge is 0.430 e. The fourth-order valence-electron chi connectivity index (χ4n) is 1.46. The molecule has 0 aliphatic rings. The molecule has 21 heavy (non-hydrogen) atoms. The van der Waals surface area contributed by atoms with E-state index in [-0.39, 0.29) is 27.4 Å². The number of rotatable bonds is 3. The van der Waals surface area contributed by atoms with E-state index < -0.39 is 17.5 Å². The number of aromatic nitrogens is 1. The number of nitriles is 1. The number of halogens is 4. The van der Waals surface area contributed by atoms with Crippen LogP contribution in [-0.4, -0.2) is 10.1 Å². The first kappa shape index (κ1) is 15.6. The molecular formula is C12H6ClF3N2O2S. The second-order valence-corrected chi connectivity index (χ2v) is 5.18. The van der Waals surface area contributed by atoms with Gasteiger partial charge in [0.05, 0.1) is 28.7 Å². The Morgan fingerprint density at radius 3 is 2.67 bits per heavy atom. The molecule has 0 atom stereocenters. The van der Waals surface area contributed by atoms with E-state index >= 15 is 0 Å². The van der Waals surface area contributed by atoms with Crippen molar-refractivity contribution in [3.63, 3.8) is 0 Å². The molecule has 110 valence electrons. The Morgan fingerprint density at radius 2 is 2.14 bits per heavy atom. The van der Waals surface area contributed by atoms with Crippen molar-refractivity contribution in [2.24, 2.45) is 0 Å². The zero-order chi connectivity index (χ0) is 15.6. The van der Waals surface area contributed by atoms with E-state index in [1.165, 1.54) is 6.07 Å². The molecule has 0 unspecified atom stereocenters. The number of hydrogen-bond acceptors (Lipinski definition) is 5. The molecule has 0 saturated heterocycles. The van der Waals surface area contributed by atoms with Crippen LogP contribution < -0.4 is 4.74 Å². The van der Waals surface area contributed by atoms with Crippen LogP contribution in [0.3, 0.4) is 0 Å². The number of aliphatic hydroxyl groups is 1. The van der Waals surface area contributed by atoms with Crippen molar-refractivity contribution in [3.05, 3.63) is 39.4 Å². The van der Waals surface area contributed by atoms with Gasteiger partial charge in [-0.3, -0.25) is 0 Å². The molecule has 0 aliphatic heterocycles. The minimum absolute atomic E-state index is 0.0281. The molecule has 0 fully saturated rings. The number of aliphatic hydroxyl groups excluding tert-OH is 1. The second-order valence-electron chi connectivity index (χ2n) is 3.77. The van der Waals surface area contributed by atoms with Crippen LogP contribution >= 0.6 is 22.9 Å². The molecule has 1 heterocycles. The molecule has 4 nitrogen and oxygen atoms in total. The predicted octanol–water partition coefficient (Wildman–Crippen LogP) is 3.97. The molecule has 0 spiro atoms. The smallest absolute Gasteiger partial charge is 0.420 e. The van der Waals surface area contributed by atoms with Gasteiger partial charge in [0.2, 0.25) is 0 Å². The molecule has 1 aromatic heterocycles. The summed E-state index contributed by atoms with van der Waals surface area (Å²) < 4.78 is 43.9. The van der Waals surface area contributed by atoms with E-state index in [1.54, 1.807) is 6.07 Å². The molecule has 0 aliphatic carbocycles. The van der Waals surface area contributed by atoms with E-state index in [0.717, 1.165) is 17.4 Å². The SMILES string of the molecule is N#Cc1ccc(Oc2nc(Cl)c(CO)s2)c(C(F)(F)F)c1. The van der Waals surface area contributed by atoms with Crippen LogP contribution in [0.5, 0.6) is 10.9 Å². The lowest BCUT2D eigenvalue weighted by molar-refractivity contribution is -0.138. The van der Waals surface area contributed by atoms with E-state index in [2.05, 4.69) is 4.98 Å². The fourth-order valence-corrected chi connectivity index (χ4v) is 2.43. The molecule has 0 bridgehead atoms. The van der Waals surface area contributed by atoms with E-state index in [1.807, 2.05) is 0 Å². The van der Waals surface area contributed by atoms with Crippen molar-refractivity contribution in [3.8, 4) is 17.0 Å². The number of benzene rings is 1. The summed E-state index contributed by atoms with van der Waals surface area (Å²) in [5, 5.41) is 17.5. The van der Waals surface area contributed by atoms with Crippen LogP contribution in [-0.2, 0) is 12.8 Å². The summed E-state index contributed by atoms with van der Waals surface area (Å²) in [5.41, 5.74) is -1.22. The minimum Gasteiger partial charge on any atom is -0.430 e. The Hall–Kier alpha value is -1.82. The molecule has 1 aromatic carbocycles. The Morgan fingerprint density at radius 1 is 1.43 bits per heavy atom. The zero-order valence-corrected chi connectivity index (χ0v) is 11.7. The standard InChI is InChI=1S/C12H6ClF3N2O2S/c13-10-9(5-19)21-11(18-10)20-8-2-1-6(4-17)3-7(8)12(14,15)16/h1-3,19H,5H2. The summed E-state index contributed by atoms with van der Waals surface area (Å²) in [4.78, 5) is 4.00. The van der Waals surface area contributed by atoms with Crippen LogP contribution in [0, 0.1) is 11.3 Å². The highest BCUT2D eigenvalue weighted by Crippen LogP contribution is 2.40. The van der Waals surface area contributed by atoms with Gasteiger partial charge in [0, 0.05) is 0 Å². The highest BCUT2D eigenvalue weighted by atomic mass is 35.5. The maximum atomic E-state index is 12.9. The lowest BCUT2D eigenvalue weighted by atomic mass is 10.1. The Bertz CT molecular complexity index is 710. The van der Waals surface area contributed by atoms with Crippen molar-refractivity contribution in [1.82, 2.24) is 4.98 Å².